The molecule has 4 heterocycles. The first-order valence-corrected chi connectivity index (χ1v) is 10.5. The van der Waals surface area contributed by atoms with Crippen molar-refractivity contribution >= 4 is 39.7 Å². The number of hydrogen-bond donors (Lipinski definition) is 2. The second-order valence-corrected chi connectivity index (χ2v) is 8.66. The van der Waals surface area contributed by atoms with Crippen LogP contribution in [0.2, 0.25) is 0 Å². The molecule has 1 aromatic carbocycles. The maximum Gasteiger partial charge on any atom is 0.292 e. The molecule has 5 rings (SSSR count). The number of anilines is 2. The van der Waals surface area contributed by atoms with Crippen LogP contribution in [0.1, 0.15) is 13.8 Å². The molecule has 9 heteroatoms. The zero-order valence-corrected chi connectivity index (χ0v) is 18.1. The van der Waals surface area contributed by atoms with Crippen molar-refractivity contribution in [3.63, 3.8) is 0 Å². The summed E-state index contributed by atoms with van der Waals surface area (Å²) in [6.07, 6.45) is 1.86. The summed E-state index contributed by atoms with van der Waals surface area (Å²) in [6, 6.07) is 11.8. The van der Waals surface area contributed by atoms with Crippen molar-refractivity contribution in [1.82, 2.24) is 19.9 Å². The molecule has 1 fully saturated rings. The second-order valence-electron chi connectivity index (χ2n) is 8.66. The smallest absolute Gasteiger partial charge is 0.292 e. The molecule has 4 N–H and O–H groups in total. The maximum atomic E-state index is 12.4. The molecule has 1 amide bonds. The number of carbonyl (C=O) groups excluding carboxylic acids is 1. The van der Waals surface area contributed by atoms with Gasteiger partial charge in [0, 0.05) is 31.7 Å². The van der Waals surface area contributed by atoms with Crippen LogP contribution in [0.4, 0.5) is 11.7 Å². The Labute approximate surface area is 185 Å². The first-order chi connectivity index (χ1) is 15.3. The van der Waals surface area contributed by atoms with Crippen LogP contribution in [0.25, 0.3) is 33.4 Å². The third-order valence-electron chi connectivity index (χ3n) is 5.71. The highest BCUT2D eigenvalue weighted by Gasteiger charge is 2.30. The Morgan fingerprint density at radius 2 is 1.78 bits per heavy atom. The summed E-state index contributed by atoms with van der Waals surface area (Å²) in [4.78, 5) is 30.1. The lowest BCUT2D eigenvalue weighted by atomic mass is 10.0. The molecule has 3 aromatic heterocycles. The molecular formula is C23H25N7O2. The fourth-order valence-electron chi connectivity index (χ4n) is 4.01. The Morgan fingerprint density at radius 3 is 2.53 bits per heavy atom. The minimum atomic E-state index is -0.853. The van der Waals surface area contributed by atoms with Crippen LogP contribution in [0, 0.1) is 0 Å². The van der Waals surface area contributed by atoms with Crippen molar-refractivity contribution in [3.8, 4) is 11.3 Å². The molecule has 0 spiro atoms. The molecule has 0 aliphatic carbocycles. The summed E-state index contributed by atoms with van der Waals surface area (Å²) in [5.41, 5.74) is 16.5. The fourth-order valence-corrected chi connectivity index (χ4v) is 4.01. The summed E-state index contributed by atoms with van der Waals surface area (Å²) in [5, 5.41) is 0. The quantitative estimate of drug-likeness (QED) is 0.506. The van der Waals surface area contributed by atoms with E-state index in [1.807, 2.05) is 47.5 Å². The van der Waals surface area contributed by atoms with Crippen LogP contribution in [0.5, 0.6) is 0 Å². The molecule has 0 unspecified atom stereocenters. The largest absolute Gasteiger partial charge is 0.424 e. The summed E-state index contributed by atoms with van der Waals surface area (Å²) >= 11 is 0. The number of piperazine rings is 1. The number of pyridine rings is 2. The zero-order valence-electron chi connectivity index (χ0n) is 18.1. The molecule has 1 saturated heterocycles. The van der Waals surface area contributed by atoms with Crippen molar-refractivity contribution in [2.75, 3.05) is 36.8 Å². The number of amides is 1. The van der Waals surface area contributed by atoms with Gasteiger partial charge in [-0.05, 0) is 50.2 Å². The summed E-state index contributed by atoms with van der Waals surface area (Å²) in [7, 11) is 0. The molecule has 32 heavy (non-hydrogen) atoms. The van der Waals surface area contributed by atoms with E-state index in [-0.39, 0.29) is 11.9 Å². The number of fused-ring (bicyclic) bond motifs is 2. The lowest BCUT2D eigenvalue weighted by Crippen LogP contribution is -2.57. The van der Waals surface area contributed by atoms with Crippen LogP contribution in [0.15, 0.2) is 47.0 Å². The number of nitrogens with zero attached hydrogens (tertiary/aromatic N) is 5. The van der Waals surface area contributed by atoms with E-state index in [1.54, 1.807) is 13.8 Å². The number of rotatable bonds is 3. The second kappa shape index (κ2) is 7.45. The first-order valence-electron chi connectivity index (χ1n) is 10.5. The number of hydrogen-bond acceptors (Lipinski definition) is 8. The molecule has 0 radical (unpaired) electrons. The number of oxazole rings is 1. The van der Waals surface area contributed by atoms with E-state index in [9.17, 15) is 4.79 Å². The fraction of sp³-hybridized carbons (Fsp3) is 0.304. The molecule has 0 saturated carbocycles. The number of benzene rings is 1. The molecule has 9 nitrogen and oxygen atoms in total. The highest BCUT2D eigenvalue weighted by molar-refractivity contribution is 5.86. The van der Waals surface area contributed by atoms with E-state index in [2.05, 4.69) is 14.9 Å². The average molecular weight is 432 g/mol. The predicted molar refractivity (Wildman–Crippen MR) is 124 cm³/mol. The van der Waals surface area contributed by atoms with Gasteiger partial charge in [-0.3, -0.25) is 9.78 Å². The summed E-state index contributed by atoms with van der Waals surface area (Å²) in [5.74, 6) is -0.0223. The summed E-state index contributed by atoms with van der Waals surface area (Å²) in [6.45, 7) is 6.19. The average Bonchev–Trinajstić information content (AvgIpc) is 3.16. The summed E-state index contributed by atoms with van der Waals surface area (Å²) < 4.78 is 5.35. The molecule has 1 aliphatic heterocycles. The molecule has 0 atom stereocenters. The van der Waals surface area contributed by atoms with E-state index < -0.39 is 5.54 Å². The lowest BCUT2D eigenvalue weighted by molar-refractivity contribution is -0.136. The van der Waals surface area contributed by atoms with Gasteiger partial charge in [-0.25, -0.2) is 4.98 Å². The van der Waals surface area contributed by atoms with Gasteiger partial charge in [-0.15, -0.1) is 0 Å². The van der Waals surface area contributed by atoms with E-state index in [0.717, 1.165) is 41.1 Å². The van der Waals surface area contributed by atoms with Crippen LogP contribution >= 0.6 is 0 Å². The normalized spacial score (nSPS) is 15.0. The Balaban J connectivity index is 1.39. The Kier molecular flexibility index (Phi) is 4.70. The van der Waals surface area contributed by atoms with Crippen LogP contribution in [0.3, 0.4) is 0 Å². The van der Waals surface area contributed by atoms with Crippen molar-refractivity contribution in [3.05, 3.63) is 42.6 Å². The number of carbonyl (C=O) groups is 1. The first kappa shape index (κ1) is 20.2. The monoisotopic (exact) mass is 431 g/mol. The maximum absolute atomic E-state index is 12.4. The Morgan fingerprint density at radius 1 is 1.00 bits per heavy atom. The van der Waals surface area contributed by atoms with Crippen LogP contribution in [-0.2, 0) is 4.79 Å². The van der Waals surface area contributed by atoms with Gasteiger partial charge in [0.2, 0.25) is 5.91 Å². The molecule has 164 valence electrons. The van der Waals surface area contributed by atoms with Gasteiger partial charge in [-0.2, -0.15) is 4.98 Å². The van der Waals surface area contributed by atoms with Crippen LogP contribution in [-0.4, -0.2) is 57.5 Å². The molecular weight excluding hydrogens is 406 g/mol. The van der Waals surface area contributed by atoms with Crippen LogP contribution < -0.4 is 16.4 Å². The third kappa shape index (κ3) is 3.71. The number of nitrogens with two attached hydrogens (primary N) is 2. The van der Waals surface area contributed by atoms with E-state index in [1.165, 1.54) is 0 Å². The zero-order chi connectivity index (χ0) is 22.5. The molecule has 1 aliphatic rings. The minimum absolute atomic E-state index is 0.0223. The van der Waals surface area contributed by atoms with Gasteiger partial charge in [0.05, 0.1) is 34.2 Å². The van der Waals surface area contributed by atoms with Crippen molar-refractivity contribution in [2.24, 2.45) is 5.73 Å². The van der Waals surface area contributed by atoms with Crippen molar-refractivity contribution in [1.29, 1.82) is 0 Å². The van der Waals surface area contributed by atoms with E-state index in [0.29, 0.717) is 24.2 Å². The van der Waals surface area contributed by atoms with Gasteiger partial charge >= 0.3 is 0 Å². The topological polar surface area (TPSA) is 127 Å². The third-order valence-corrected chi connectivity index (χ3v) is 5.71. The highest BCUT2D eigenvalue weighted by atomic mass is 16.4. The van der Waals surface area contributed by atoms with Gasteiger partial charge in [-0.1, -0.05) is 0 Å². The van der Waals surface area contributed by atoms with Gasteiger partial charge < -0.3 is 25.7 Å². The Bertz CT molecular complexity index is 1320. The van der Waals surface area contributed by atoms with E-state index >= 15 is 0 Å². The molecule has 0 bridgehead atoms. The van der Waals surface area contributed by atoms with Crippen molar-refractivity contribution in [2.45, 2.75) is 19.4 Å². The van der Waals surface area contributed by atoms with Crippen molar-refractivity contribution < 1.29 is 9.21 Å². The predicted octanol–water partition coefficient (Wildman–Crippen LogP) is 2.41. The van der Waals surface area contributed by atoms with Gasteiger partial charge in [0.25, 0.3) is 6.01 Å². The standard InChI is InChI=1S/C23H25N7O2/c1-23(2,25)21(31)30-9-7-29(8-10-30)15-12-18-17(26-13-15)5-4-16(27-18)14-3-6-20-19(11-14)28-22(24)32-20/h3-6,11-13H,7-10,25H2,1-2H3,(H2,24,28). The highest BCUT2D eigenvalue weighted by Crippen LogP contribution is 2.27. The minimum Gasteiger partial charge on any atom is -0.424 e. The lowest BCUT2D eigenvalue weighted by Gasteiger charge is -2.38. The Hall–Kier alpha value is -3.72. The van der Waals surface area contributed by atoms with E-state index in [4.69, 9.17) is 20.9 Å². The van der Waals surface area contributed by atoms with Gasteiger partial charge in [0.1, 0.15) is 5.52 Å². The SMILES string of the molecule is CC(C)(N)C(=O)N1CCN(c2cnc3ccc(-c4ccc5oc(N)nc5c4)nc3c2)CC1. The number of nitrogen functional groups attached to an aromatic ring is 1. The number of aromatic nitrogens is 3. The molecule has 4 aromatic rings. The van der Waals surface area contributed by atoms with Gasteiger partial charge in [0.15, 0.2) is 5.58 Å².